The third kappa shape index (κ3) is 2.85. The van der Waals surface area contributed by atoms with Crippen LogP contribution in [0.3, 0.4) is 0 Å². The highest BCUT2D eigenvalue weighted by Crippen LogP contribution is 2.34. The summed E-state index contributed by atoms with van der Waals surface area (Å²) in [5.74, 6) is -0.330. The Hall–Kier alpha value is -1.89. The Morgan fingerprint density at radius 2 is 2.05 bits per heavy atom. The van der Waals surface area contributed by atoms with Crippen molar-refractivity contribution in [2.45, 2.75) is 10.9 Å². The molecule has 2 heterocycles. The first-order chi connectivity index (χ1) is 10.6. The Kier molecular flexibility index (Phi) is 4.15. The minimum Gasteiger partial charge on any atom is -0.309 e. The second-order valence-electron chi connectivity index (χ2n) is 4.74. The highest BCUT2D eigenvalue weighted by molar-refractivity contribution is 7.97. The van der Waals surface area contributed by atoms with Crippen LogP contribution < -0.4 is 5.32 Å². The summed E-state index contributed by atoms with van der Waals surface area (Å²) in [5.41, 5.74) is 0.560. The molecular weight excluding hydrogens is 322 g/mol. The molecule has 5 nitrogen and oxygen atoms in total. The van der Waals surface area contributed by atoms with Gasteiger partial charge < -0.3 is 5.32 Å². The molecule has 1 aliphatic rings. The first-order valence-electron chi connectivity index (χ1n) is 6.54. The minimum absolute atomic E-state index is 0.226. The maximum absolute atomic E-state index is 12.6. The summed E-state index contributed by atoms with van der Waals surface area (Å²) >= 11 is 7.17. The van der Waals surface area contributed by atoms with Crippen molar-refractivity contribution in [3.63, 3.8) is 0 Å². The number of aromatic nitrogens is 1. The quantitative estimate of drug-likeness (QED) is 0.520. The molecule has 0 radical (unpaired) electrons. The van der Waals surface area contributed by atoms with Gasteiger partial charge in [0.1, 0.15) is 11.0 Å². The number of hydrogen-bond acceptors (Lipinski definition) is 5. The molecule has 3 rings (SSSR count). The van der Waals surface area contributed by atoms with Gasteiger partial charge in [-0.25, -0.2) is 9.29 Å². The van der Waals surface area contributed by atoms with Crippen LogP contribution >= 0.6 is 23.5 Å². The molecule has 1 amide bonds. The lowest BCUT2D eigenvalue weighted by Crippen LogP contribution is -2.46. The lowest BCUT2D eigenvalue weighted by atomic mass is 10.0. The van der Waals surface area contributed by atoms with Crippen molar-refractivity contribution < 1.29 is 9.59 Å². The largest absolute Gasteiger partial charge is 0.309 e. The fourth-order valence-electron chi connectivity index (χ4n) is 2.23. The smallest absolute Gasteiger partial charge is 0.251 e. The molecule has 1 atom stereocenters. The number of benzene rings is 1. The van der Waals surface area contributed by atoms with Gasteiger partial charge in [0.25, 0.3) is 5.91 Å². The number of halogens is 1. The Bertz CT molecular complexity index is 753. The van der Waals surface area contributed by atoms with Crippen molar-refractivity contribution in [2.75, 3.05) is 12.4 Å². The number of anilines is 1. The fourth-order valence-corrected chi connectivity index (χ4v) is 3.40. The van der Waals surface area contributed by atoms with Crippen LogP contribution in [0.1, 0.15) is 10.4 Å². The van der Waals surface area contributed by atoms with E-state index in [1.165, 1.54) is 11.9 Å². The van der Waals surface area contributed by atoms with Gasteiger partial charge in [0, 0.05) is 10.5 Å². The first-order valence-corrected chi connectivity index (χ1v) is 7.69. The molecule has 0 aliphatic carbocycles. The van der Waals surface area contributed by atoms with Crippen molar-refractivity contribution in [3.05, 3.63) is 53.2 Å². The predicted octanol–water partition coefficient (Wildman–Crippen LogP) is 2.88. The van der Waals surface area contributed by atoms with Gasteiger partial charge in [0.2, 0.25) is 0 Å². The van der Waals surface area contributed by atoms with Gasteiger partial charge in [0.05, 0.1) is 0 Å². The summed E-state index contributed by atoms with van der Waals surface area (Å²) in [7, 11) is 1.72. The average Bonchev–Trinajstić information content (AvgIpc) is 2.47. The molecule has 0 fully saturated rings. The number of pyridine rings is 1. The number of amides is 1. The zero-order valence-corrected chi connectivity index (χ0v) is 13.2. The van der Waals surface area contributed by atoms with Gasteiger partial charge in [-0.3, -0.25) is 9.59 Å². The van der Waals surface area contributed by atoms with E-state index in [0.29, 0.717) is 11.4 Å². The lowest BCUT2D eigenvalue weighted by Gasteiger charge is -2.30. The van der Waals surface area contributed by atoms with Gasteiger partial charge in [-0.05, 0) is 37.2 Å². The molecule has 2 aromatic rings. The SMILES string of the molecule is CN1Sc2ccccc2C(=O)C1C(=O)Nc1cccc(Cl)n1. The number of rotatable bonds is 2. The molecule has 1 aromatic carbocycles. The van der Waals surface area contributed by atoms with Crippen LogP contribution in [0, 0.1) is 0 Å². The number of nitrogens with one attached hydrogen (secondary N) is 1. The molecule has 0 spiro atoms. The first kappa shape index (κ1) is 15.0. The molecule has 1 N–H and O–H groups in total. The Morgan fingerprint density at radius 1 is 1.27 bits per heavy atom. The van der Waals surface area contributed by atoms with Crippen LogP contribution in [0.2, 0.25) is 5.15 Å². The number of Topliss-reactive ketones (excluding diaryl/α,β-unsaturated/α-hetero) is 1. The van der Waals surface area contributed by atoms with Crippen LogP contribution in [0.25, 0.3) is 0 Å². The lowest BCUT2D eigenvalue weighted by molar-refractivity contribution is -0.118. The van der Waals surface area contributed by atoms with E-state index in [0.717, 1.165) is 4.90 Å². The highest BCUT2D eigenvalue weighted by Gasteiger charge is 2.37. The van der Waals surface area contributed by atoms with Crippen molar-refractivity contribution in [2.24, 2.45) is 0 Å². The zero-order chi connectivity index (χ0) is 15.7. The normalized spacial score (nSPS) is 17.9. The van der Waals surface area contributed by atoms with Crippen molar-refractivity contribution in [3.8, 4) is 0 Å². The van der Waals surface area contributed by atoms with Gasteiger partial charge >= 0.3 is 0 Å². The standard InChI is InChI=1S/C15H12ClN3O2S/c1-19-13(14(20)9-5-2-3-6-10(9)22-19)15(21)18-12-8-4-7-11(16)17-12/h2-8,13H,1H3,(H,17,18,21). The third-order valence-corrected chi connectivity index (χ3v) is 4.48. The van der Waals surface area contributed by atoms with Crippen LogP contribution in [0.5, 0.6) is 0 Å². The maximum Gasteiger partial charge on any atom is 0.251 e. The average molecular weight is 334 g/mol. The van der Waals surface area contributed by atoms with E-state index in [2.05, 4.69) is 10.3 Å². The van der Waals surface area contributed by atoms with Crippen LogP contribution in [-0.4, -0.2) is 34.1 Å². The number of fused-ring (bicyclic) bond motifs is 1. The van der Waals surface area contributed by atoms with Gasteiger partial charge in [-0.15, -0.1) is 0 Å². The molecule has 22 heavy (non-hydrogen) atoms. The molecule has 112 valence electrons. The van der Waals surface area contributed by atoms with Gasteiger partial charge in [0.15, 0.2) is 11.8 Å². The van der Waals surface area contributed by atoms with Crippen molar-refractivity contribution >= 4 is 41.1 Å². The Morgan fingerprint density at radius 3 is 2.82 bits per heavy atom. The van der Waals surface area contributed by atoms with Crippen molar-refractivity contribution in [1.82, 2.24) is 9.29 Å². The molecule has 1 aliphatic heterocycles. The van der Waals surface area contributed by atoms with Gasteiger partial charge in [-0.1, -0.05) is 35.9 Å². The number of ketones is 1. The van der Waals surface area contributed by atoms with E-state index in [4.69, 9.17) is 11.6 Å². The molecule has 0 bridgehead atoms. The highest BCUT2D eigenvalue weighted by atomic mass is 35.5. The van der Waals surface area contributed by atoms with Crippen LogP contribution in [-0.2, 0) is 4.79 Å². The second-order valence-corrected chi connectivity index (χ2v) is 6.32. The maximum atomic E-state index is 12.6. The summed E-state index contributed by atoms with van der Waals surface area (Å²) in [6.45, 7) is 0. The minimum atomic E-state index is -0.902. The van der Waals surface area contributed by atoms with Crippen LogP contribution in [0.4, 0.5) is 5.82 Å². The fraction of sp³-hybridized carbons (Fsp3) is 0.133. The Balaban J connectivity index is 1.85. The summed E-state index contributed by atoms with van der Waals surface area (Å²) in [5, 5.41) is 2.91. The van der Waals surface area contributed by atoms with Crippen LogP contribution in [0.15, 0.2) is 47.4 Å². The number of hydrogen-bond donors (Lipinski definition) is 1. The molecule has 1 unspecified atom stereocenters. The van der Waals surface area contributed by atoms with Gasteiger partial charge in [-0.2, -0.15) is 0 Å². The van der Waals surface area contributed by atoms with E-state index in [1.54, 1.807) is 41.7 Å². The topological polar surface area (TPSA) is 62.3 Å². The number of carbonyl (C=O) groups is 2. The van der Waals surface area contributed by atoms with E-state index in [-0.39, 0.29) is 10.9 Å². The summed E-state index contributed by atoms with van der Waals surface area (Å²) in [6, 6.07) is 11.3. The summed E-state index contributed by atoms with van der Waals surface area (Å²) < 4.78 is 1.64. The predicted molar refractivity (Wildman–Crippen MR) is 86.1 cm³/mol. The molecule has 0 saturated carbocycles. The summed E-state index contributed by atoms with van der Waals surface area (Å²) in [4.78, 5) is 29.8. The number of carbonyl (C=O) groups excluding carboxylic acids is 2. The molecular formula is C15H12ClN3O2S. The second kappa shape index (κ2) is 6.08. The van der Waals surface area contributed by atoms with E-state index < -0.39 is 11.9 Å². The Labute approximate surface area is 136 Å². The van der Waals surface area contributed by atoms with Crippen molar-refractivity contribution in [1.29, 1.82) is 0 Å². The zero-order valence-electron chi connectivity index (χ0n) is 11.6. The van der Waals surface area contributed by atoms with E-state index in [9.17, 15) is 9.59 Å². The number of nitrogens with zero attached hydrogens (tertiary/aromatic N) is 2. The van der Waals surface area contributed by atoms with E-state index in [1.807, 2.05) is 12.1 Å². The summed E-state index contributed by atoms with van der Waals surface area (Å²) in [6.07, 6.45) is 0. The number of likely N-dealkylation sites (N-methyl/N-ethyl adjacent to an activating group) is 1. The monoisotopic (exact) mass is 333 g/mol. The van der Waals surface area contributed by atoms with E-state index >= 15 is 0 Å². The molecule has 1 aromatic heterocycles. The molecule has 0 saturated heterocycles. The third-order valence-electron chi connectivity index (χ3n) is 3.22. The molecule has 7 heteroatoms.